The summed E-state index contributed by atoms with van der Waals surface area (Å²) in [5.41, 5.74) is 1.72. The Hall–Kier alpha value is -2.37. The Kier molecular flexibility index (Phi) is 5.36. The second-order valence-corrected chi connectivity index (χ2v) is 6.67. The van der Waals surface area contributed by atoms with Gasteiger partial charge in [0.2, 0.25) is 0 Å². The van der Waals surface area contributed by atoms with Crippen molar-refractivity contribution >= 4 is 39.1 Å². The second kappa shape index (κ2) is 7.68. The predicted molar refractivity (Wildman–Crippen MR) is 103 cm³/mol. The average Bonchev–Trinajstić information content (AvgIpc) is 2.60. The number of carbonyl (C=O) groups excluding carboxylic acids is 1. The van der Waals surface area contributed by atoms with Gasteiger partial charge in [-0.1, -0.05) is 41.9 Å². The summed E-state index contributed by atoms with van der Waals surface area (Å²) in [6.07, 6.45) is 1.61. The van der Waals surface area contributed by atoms with E-state index in [1.807, 2.05) is 24.3 Å². The molecular formula is C19H14BrClN2O2. The average molecular weight is 418 g/mol. The van der Waals surface area contributed by atoms with Crippen molar-refractivity contribution in [3.63, 3.8) is 0 Å². The van der Waals surface area contributed by atoms with Crippen molar-refractivity contribution in [2.45, 2.75) is 6.54 Å². The van der Waals surface area contributed by atoms with Crippen LogP contribution in [0.1, 0.15) is 15.9 Å². The molecule has 0 aliphatic heterocycles. The van der Waals surface area contributed by atoms with Gasteiger partial charge in [-0.25, -0.2) is 0 Å². The second-order valence-electron chi connectivity index (χ2n) is 5.41. The van der Waals surface area contributed by atoms with Gasteiger partial charge in [-0.3, -0.25) is 9.59 Å². The summed E-state index contributed by atoms with van der Waals surface area (Å²) in [6, 6.07) is 17.5. The van der Waals surface area contributed by atoms with Crippen molar-refractivity contribution in [3.05, 3.63) is 97.8 Å². The Morgan fingerprint density at radius 2 is 1.76 bits per heavy atom. The van der Waals surface area contributed by atoms with Crippen LogP contribution in [0.25, 0.3) is 0 Å². The fourth-order valence-corrected chi connectivity index (χ4v) is 3.04. The van der Waals surface area contributed by atoms with E-state index in [0.717, 1.165) is 5.56 Å². The topological polar surface area (TPSA) is 51.1 Å². The van der Waals surface area contributed by atoms with Crippen LogP contribution in [-0.4, -0.2) is 10.5 Å². The number of hydrogen-bond donors (Lipinski definition) is 1. The highest BCUT2D eigenvalue weighted by Crippen LogP contribution is 2.18. The Balaban J connectivity index is 1.85. The first-order valence-corrected chi connectivity index (χ1v) is 8.71. The number of aromatic nitrogens is 1. The van der Waals surface area contributed by atoms with E-state index in [1.165, 1.54) is 10.6 Å². The molecule has 1 aromatic heterocycles. The zero-order chi connectivity index (χ0) is 17.8. The van der Waals surface area contributed by atoms with Crippen molar-refractivity contribution in [2.75, 3.05) is 5.32 Å². The van der Waals surface area contributed by atoms with Crippen LogP contribution in [0.2, 0.25) is 5.02 Å². The van der Waals surface area contributed by atoms with Crippen LogP contribution in [0.3, 0.4) is 0 Å². The maximum absolute atomic E-state index is 12.4. The van der Waals surface area contributed by atoms with Gasteiger partial charge >= 0.3 is 0 Å². The monoisotopic (exact) mass is 416 g/mol. The molecule has 25 heavy (non-hydrogen) atoms. The molecule has 0 bridgehead atoms. The van der Waals surface area contributed by atoms with E-state index < -0.39 is 0 Å². The van der Waals surface area contributed by atoms with Crippen LogP contribution in [0.5, 0.6) is 0 Å². The van der Waals surface area contributed by atoms with Crippen molar-refractivity contribution in [1.29, 1.82) is 0 Å². The van der Waals surface area contributed by atoms with E-state index >= 15 is 0 Å². The molecule has 0 spiro atoms. The summed E-state index contributed by atoms with van der Waals surface area (Å²) in [6.45, 7) is 0.331. The number of carbonyl (C=O) groups is 1. The van der Waals surface area contributed by atoms with Crippen LogP contribution >= 0.6 is 27.5 Å². The Morgan fingerprint density at radius 1 is 1.04 bits per heavy atom. The van der Waals surface area contributed by atoms with Gasteiger partial charge in [0, 0.05) is 21.8 Å². The largest absolute Gasteiger partial charge is 0.321 e. The molecule has 0 atom stereocenters. The minimum Gasteiger partial charge on any atom is -0.321 e. The third kappa shape index (κ3) is 4.18. The minimum atomic E-state index is -0.254. The fourth-order valence-electron chi connectivity index (χ4n) is 2.38. The number of pyridine rings is 1. The first-order valence-electron chi connectivity index (χ1n) is 7.54. The molecule has 4 nitrogen and oxygen atoms in total. The van der Waals surface area contributed by atoms with Crippen LogP contribution in [0.15, 0.2) is 76.1 Å². The Morgan fingerprint density at radius 3 is 2.52 bits per heavy atom. The zero-order valence-corrected chi connectivity index (χ0v) is 15.4. The van der Waals surface area contributed by atoms with Crippen LogP contribution < -0.4 is 10.9 Å². The van der Waals surface area contributed by atoms with Gasteiger partial charge in [-0.05, 0) is 45.8 Å². The molecule has 126 valence electrons. The molecule has 2 aromatic carbocycles. The molecule has 0 aliphatic carbocycles. The third-order valence-electron chi connectivity index (χ3n) is 3.66. The highest BCUT2D eigenvalue weighted by Gasteiger charge is 2.10. The van der Waals surface area contributed by atoms with Crippen LogP contribution in [0, 0.1) is 0 Å². The third-order valence-corrected chi connectivity index (χ3v) is 4.72. The van der Waals surface area contributed by atoms with Gasteiger partial charge in [-0.15, -0.1) is 0 Å². The van der Waals surface area contributed by atoms with E-state index in [1.54, 1.807) is 36.5 Å². The number of benzene rings is 2. The SMILES string of the molecule is O=C(Nc1ccc(=O)n(Cc2ccccc2Cl)c1)c1ccccc1Br. The van der Waals surface area contributed by atoms with Crippen molar-refractivity contribution in [2.24, 2.45) is 0 Å². The number of anilines is 1. The summed E-state index contributed by atoms with van der Waals surface area (Å²) >= 11 is 9.52. The van der Waals surface area contributed by atoms with Crippen molar-refractivity contribution in [1.82, 2.24) is 4.57 Å². The molecule has 6 heteroatoms. The van der Waals surface area contributed by atoms with E-state index in [4.69, 9.17) is 11.6 Å². The van der Waals surface area contributed by atoms with Crippen LogP contribution in [-0.2, 0) is 6.54 Å². The molecule has 3 rings (SSSR count). The predicted octanol–water partition coefficient (Wildman–Crippen LogP) is 4.56. The summed E-state index contributed by atoms with van der Waals surface area (Å²) in [7, 11) is 0. The number of nitrogens with zero attached hydrogens (tertiary/aromatic N) is 1. The zero-order valence-electron chi connectivity index (χ0n) is 13.1. The van der Waals surface area contributed by atoms with Gasteiger partial charge in [0.15, 0.2) is 0 Å². The molecule has 0 saturated carbocycles. The number of nitrogens with one attached hydrogen (secondary N) is 1. The summed E-state index contributed by atoms with van der Waals surface area (Å²) in [5, 5.41) is 3.40. The quantitative estimate of drug-likeness (QED) is 0.676. The number of halogens is 2. The standard InChI is InChI=1S/C19H14BrClN2O2/c20-16-7-3-2-6-15(16)19(25)22-14-9-10-18(24)23(12-14)11-13-5-1-4-8-17(13)21/h1-10,12H,11H2,(H,22,25). The molecule has 0 saturated heterocycles. The van der Waals surface area contributed by atoms with E-state index in [2.05, 4.69) is 21.2 Å². The normalized spacial score (nSPS) is 10.5. The van der Waals surface area contributed by atoms with Gasteiger partial charge in [0.1, 0.15) is 0 Å². The maximum Gasteiger partial charge on any atom is 0.256 e. The number of hydrogen-bond acceptors (Lipinski definition) is 2. The smallest absolute Gasteiger partial charge is 0.256 e. The lowest BCUT2D eigenvalue weighted by molar-refractivity contribution is 0.102. The molecule has 1 amide bonds. The van der Waals surface area contributed by atoms with E-state index in [-0.39, 0.29) is 11.5 Å². The fraction of sp³-hybridized carbons (Fsp3) is 0.0526. The molecule has 1 heterocycles. The Bertz CT molecular complexity index is 985. The first kappa shape index (κ1) is 17.5. The van der Waals surface area contributed by atoms with Gasteiger partial charge in [0.25, 0.3) is 11.5 Å². The van der Waals surface area contributed by atoms with E-state index in [9.17, 15) is 9.59 Å². The molecule has 0 fully saturated rings. The summed E-state index contributed by atoms with van der Waals surface area (Å²) in [5.74, 6) is -0.254. The lowest BCUT2D eigenvalue weighted by Gasteiger charge is -2.11. The highest BCUT2D eigenvalue weighted by atomic mass is 79.9. The Labute approximate surface area is 158 Å². The molecule has 0 radical (unpaired) electrons. The summed E-state index contributed by atoms with van der Waals surface area (Å²) in [4.78, 5) is 24.5. The molecule has 3 aromatic rings. The highest BCUT2D eigenvalue weighted by molar-refractivity contribution is 9.10. The number of amides is 1. The molecular weight excluding hydrogens is 404 g/mol. The summed E-state index contributed by atoms with van der Waals surface area (Å²) < 4.78 is 2.22. The minimum absolute atomic E-state index is 0.168. The molecule has 0 aliphatic rings. The lowest BCUT2D eigenvalue weighted by Crippen LogP contribution is -2.21. The molecule has 0 unspecified atom stereocenters. The van der Waals surface area contributed by atoms with Gasteiger partial charge in [-0.2, -0.15) is 0 Å². The van der Waals surface area contributed by atoms with Gasteiger partial charge < -0.3 is 9.88 Å². The van der Waals surface area contributed by atoms with Crippen LogP contribution in [0.4, 0.5) is 5.69 Å². The van der Waals surface area contributed by atoms with Crippen molar-refractivity contribution in [3.8, 4) is 0 Å². The maximum atomic E-state index is 12.4. The molecule has 1 N–H and O–H groups in total. The first-order chi connectivity index (χ1) is 12.0. The van der Waals surface area contributed by atoms with Gasteiger partial charge in [0.05, 0.1) is 17.8 Å². The van der Waals surface area contributed by atoms with Crippen molar-refractivity contribution < 1.29 is 4.79 Å². The number of rotatable bonds is 4. The lowest BCUT2D eigenvalue weighted by atomic mass is 10.2. The van der Waals surface area contributed by atoms with E-state index in [0.29, 0.717) is 27.3 Å².